The van der Waals surface area contributed by atoms with E-state index in [1.807, 2.05) is 6.26 Å². The molecule has 21 heavy (non-hydrogen) atoms. The van der Waals surface area contributed by atoms with Gasteiger partial charge in [-0.2, -0.15) is 11.8 Å². The third-order valence-electron chi connectivity index (χ3n) is 2.37. The Kier molecular flexibility index (Phi) is 8.04. The maximum atomic E-state index is 11.7. The number of aliphatic carboxylic acids is 1. The Labute approximate surface area is 129 Å². The molecule has 0 heterocycles. The number of hydrogen-bond donors (Lipinski definition) is 4. The highest BCUT2D eigenvalue weighted by molar-refractivity contribution is 7.98. The lowest BCUT2D eigenvalue weighted by atomic mass is 10.1. The number of hydrogen-bond acceptors (Lipinski definition) is 5. The van der Waals surface area contributed by atoms with Crippen LogP contribution < -0.4 is 15.4 Å². The first-order chi connectivity index (χ1) is 9.47. The number of carboxylic acid groups (broad SMARTS) is 1. The first-order valence-electron chi connectivity index (χ1n) is 6.22. The Bertz CT molecular complexity index is 464. The number of thioether (sulfide) groups is 1. The van der Waals surface area contributed by atoms with Gasteiger partial charge in [0.25, 0.3) is 0 Å². The van der Waals surface area contributed by atoms with Gasteiger partial charge in [-0.1, -0.05) is 0 Å². The first-order valence-corrected chi connectivity index (χ1v) is 9.50. The molecule has 4 N–H and O–H groups in total. The summed E-state index contributed by atoms with van der Waals surface area (Å²) in [5.74, 6) is -0.494. The fourth-order valence-electron chi connectivity index (χ4n) is 1.54. The van der Waals surface area contributed by atoms with Gasteiger partial charge in [0.1, 0.15) is 6.04 Å². The van der Waals surface area contributed by atoms with Gasteiger partial charge in [-0.05, 0) is 32.3 Å². The van der Waals surface area contributed by atoms with Crippen LogP contribution in [0.4, 0.5) is 4.79 Å². The van der Waals surface area contributed by atoms with Gasteiger partial charge in [0, 0.05) is 12.1 Å². The average Bonchev–Trinajstić information content (AvgIpc) is 2.28. The first kappa shape index (κ1) is 20.0. The van der Waals surface area contributed by atoms with Gasteiger partial charge >= 0.3 is 12.0 Å². The SMILES string of the molecule is CSCC[C@H](NC(=O)NCC(C)(C)NS(C)(=O)=O)C(=O)O. The maximum absolute atomic E-state index is 11.7. The number of rotatable bonds is 9. The predicted octanol–water partition coefficient (Wildman–Crippen LogP) is -0.180. The lowest BCUT2D eigenvalue weighted by molar-refractivity contribution is -0.139. The maximum Gasteiger partial charge on any atom is 0.326 e. The number of carbonyl (C=O) groups excluding carboxylic acids is 1. The topological polar surface area (TPSA) is 125 Å². The largest absolute Gasteiger partial charge is 0.480 e. The van der Waals surface area contributed by atoms with Crippen molar-refractivity contribution in [2.24, 2.45) is 0 Å². The summed E-state index contributed by atoms with van der Waals surface area (Å²) in [5.41, 5.74) is -0.872. The van der Waals surface area contributed by atoms with E-state index in [4.69, 9.17) is 5.11 Å². The van der Waals surface area contributed by atoms with Gasteiger partial charge in [-0.15, -0.1) is 0 Å². The van der Waals surface area contributed by atoms with E-state index in [9.17, 15) is 18.0 Å². The lowest BCUT2D eigenvalue weighted by Gasteiger charge is -2.25. The summed E-state index contributed by atoms with van der Waals surface area (Å²) in [6, 6.07) is -1.62. The number of nitrogens with one attached hydrogen (secondary N) is 3. The standard InChI is InChI=1S/C11H23N3O5S2/c1-11(2,14-21(4,18)19)7-12-10(17)13-8(9(15)16)5-6-20-3/h8,14H,5-7H2,1-4H3,(H,15,16)(H2,12,13,17)/t8-/m0/s1. The molecule has 2 amide bonds. The highest BCUT2D eigenvalue weighted by Gasteiger charge is 2.24. The zero-order chi connectivity index (χ0) is 16.7. The molecule has 124 valence electrons. The average molecular weight is 341 g/mol. The van der Waals surface area contributed by atoms with Gasteiger partial charge in [0.2, 0.25) is 10.0 Å². The van der Waals surface area contributed by atoms with E-state index in [1.54, 1.807) is 13.8 Å². The van der Waals surface area contributed by atoms with E-state index in [1.165, 1.54) is 11.8 Å². The molecule has 0 bridgehead atoms. The number of amides is 2. The van der Waals surface area contributed by atoms with Crippen LogP contribution in [0.3, 0.4) is 0 Å². The van der Waals surface area contributed by atoms with Crippen LogP contribution in [0, 0.1) is 0 Å². The van der Waals surface area contributed by atoms with Gasteiger partial charge in [0.15, 0.2) is 0 Å². The highest BCUT2D eigenvalue weighted by atomic mass is 32.2. The molecule has 0 unspecified atom stereocenters. The molecule has 0 aliphatic carbocycles. The molecule has 0 saturated heterocycles. The van der Waals surface area contributed by atoms with E-state index >= 15 is 0 Å². The number of sulfonamides is 1. The van der Waals surface area contributed by atoms with E-state index < -0.39 is 33.6 Å². The molecular formula is C11H23N3O5S2. The molecule has 0 aliphatic rings. The fraction of sp³-hybridized carbons (Fsp3) is 0.818. The van der Waals surface area contributed by atoms with E-state index in [2.05, 4.69) is 15.4 Å². The van der Waals surface area contributed by atoms with Crippen LogP contribution >= 0.6 is 11.8 Å². The molecule has 0 aliphatic heterocycles. The van der Waals surface area contributed by atoms with Crippen LogP contribution in [-0.2, 0) is 14.8 Å². The van der Waals surface area contributed by atoms with Gasteiger partial charge in [-0.25, -0.2) is 22.7 Å². The molecule has 0 aromatic rings. The van der Waals surface area contributed by atoms with E-state index in [0.29, 0.717) is 12.2 Å². The minimum Gasteiger partial charge on any atom is -0.480 e. The second kappa shape index (κ2) is 8.44. The summed E-state index contributed by atoms with van der Waals surface area (Å²) in [4.78, 5) is 22.6. The predicted molar refractivity (Wildman–Crippen MR) is 83.0 cm³/mol. The fourth-order valence-corrected chi connectivity index (χ4v) is 3.09. The van der Waals surface area contributed by atoms with Gasteiger partial charge in [0.05, 0.1) is 6.26 Å². The zero-order valence-electron chi connectivity index (χ0n) is 12.6. The molecule has 0 spiro atoms. The molecular weight excluding hydrogens is 318 g/mol. The van der Waals surface area contributed by atoms with Crippen molar-refractivity contribution in [3.8, 4) is 0 Å². The van der Waals surface area contributed by atoms with Crippen molar-refractivity contribution in [1.82, 2.24) is 15.4 Å². The monoisotopic (exact) mass is 341 g/mol. The number of carboxylic acids is 1. The summed E-state index contributed by atoms with van der Waals surface area (Å²) >= 11 is 1.49. The lowest BCUT2D eigenvalue weighted by Crippen LogP contribution is -2.54. The minimum absolute atomic E-state index is 0.0285. The molecule has 8 nitrogen and oxygen atoms in total. The Morgan fingerprint density at radius 2 is 1.90 bits per heavy atom. The Morgan fingerprint density at radius 3 is 2.33 bits per heavy atom. The summed E-state index contributed by atoms with van der Waals surface area (Å²) < 4.78 is 24.7. The van der Waals surface area contributed by atoms with Crippen molar-refractivity contribution in [2.45, 2.75) is 31.8 Å². The van der Waals surface area contributed by atoms with E-state index in [0.717, 1.165) is 6.26 Å². The Hall–Kier alpha value is -1.00. The number of carbonyl (C=O) groups is 2. The smallest absolute Gasteiger partial charge is 0.326 e. The molecule has 0 aromatic heterocycles. The van der Waals surface area contributed by atoms with Crippen molar-refractivity contribution >= 4 is 33.8 Å². The van der Waals surface area contributed by atoms with Crippen LogP contribution in [-0.4, -0.2) is 61.9 Å². The molecule has 0 radical (unpaired) electrons. The van der Waals surface area contributed by atoms with Crippen molar-refractivity contribution in [3.63, 3.8) is 0 Å². The third kappa shape index (κ3) is 10.4. The highest BCUT2D eigenvalue weighted by Crippen LogP contribution is 2.03. The van der Waals surface area contributed by atoms with Crippen LogP contribution in [0.15, 0.2) is 0 Å². The van der Waals surface area contributed by atoms with Crippen LogP contribution in [0.2, 0.25) is 0 Å². The van der Waals surface area contributed by atoms with Crippen LogP contribution in [0.25, 0.3) is 0 Å². The second-order valence-electron chi connectivity index (χ2n) is 5.26. The van der Waals surface area contributed by atoms with Crippen molar-refractivity contribution in [1.29, 1.82) is 0 Å². The van der Waals surface area contributed by atoms with Crippen molar-refractivity contribution in [2.75, 3.05) is 24.8 Å². The Balaban J connectivity index is 4.39. The van der Waals surface area contributed by atoms with Crippen LogP contribution in [0.5, 0.6) is 0 Å². The summed E-state index contributed by atoms with van der Waals surface area (Å²) in [7, 11) is -3.40. The minimum atomic E-state index is -3.40. The Morgan fingerprint density at radius 1 is 1.33 bits per heavy atom. The molecule has 0 rings (SSSR count). The van der Waals surface area contributed by atoms with Crippen molar-refractivity contribution in [3.05, 3.63) is 0 Å². The molecule has 0 aromatic carbocycles. The zero-order valence-corrected chi connectivity index (χ0v) is 14.2. The second-order valence-corrected chi connectivity index (χ2v) is 7.99. The van der Waals surface area contributed by atoms with Gasteiger partial charge < -0.3 is 15.7 Å². The summed E-state index contributed by atoms with van der Waals surface area (Å²) in [5, 5.41) is 13.8. The third-order valence-corrected chi connectivity index (χ3v) is 3.93. The number of urea groups is 1. The molecule has 0 saturated carbocycles. The van der Waals surface area contributed by atoms with Crippen molar-refractivity contribution < 1.29 is 23.1 Å². The summed E-state index contributed by atoms with van der Waals surface area (Å²) in [6.45, 7) is 3.24. The quantitative estimate of drug-likeness (QED) is 0.461. The molecule has 0 fully saturated rings. The summed E-state index contributed by atoms with van der Waals surface area (Å²) in [6.07, 6.45) is 3.19. The normalized spacial score (nSPS) is 13.5. The molecule has 10 heteroatoms. The van der Waals surface area contributed by atoms with E-state index in [-0.39, 0.29) is 6.54 Å². The molecule has 1 atom stereocenters. The van der Waals surface area contributed by atoms with Gasteiger partial charge in [-0.3, -0.25) is 0 Å². The van der Waals surface area contributed by atoms with Crippen LogP contribution in [0.1, 0.15) is 20.3 Å².